The lowest BCUT2D eigenvalue weighted by molar-refractivity contribution is 0.0146. The fourth-order valence-corrected chi connectivity index (χ4v) is 0.907. The number of hydrogen-bond donors (Lipinski definition) is 0. The van der Waals surface area contributed by atoms with Crippen molar-refractivity contribution in [3.05, 3.63) is 0 Å². The molecule has 0 atom stereocenters. The molecule has 0 spiro atoms. The van der Waals surface area contributed by atoms with Crippen molar-refractivity contribution >= 4 is 0 Å². The lowest BCUT2D eigenvalue weighted by Crippen LogP contribution is -2.21. The minimum atomic E-state index is -2.41. The molecule has 48 valence electrons. The van der Waals surface area contributed by atoms with Gasteiger partial charge in [0.1, 0.15) is 0 Å². The molecule has 0 aromatic carbocycles. The Morgan fingerprint density at radius 1 is 1.50 bits per heavy atom. The highest BCUT2D eigenvalue weighted by Gasteiger charge is 2.35. The van der Waals surface area contributed by atoms with E-state index in [1.54, 1.807) is 11.9 Å². The zero-order valence-electron chi connectivity index (χ0n) is 4.82. The second-order valence-electron chi connectivity index (χ2n) is 2.34. The topological polar surface area (TPSA) is 3.24 Å². The minimum absolute atomic E-state index is 0.0312. The predicted octanol–water partition coefficient (Wildman–Crippen LogP) is 0.957. The maximum Gasteiger partial charge on any atom is 0.261 e. The number of alkyl halides is 2. The Kier molecular flexibility index (Phi) is 1.23. The van der Waals surface area contributed by atoms with Gasteiger partial charge in [-0.15, -0.1) is 0 Å². The third kappa shape index (κ3) is 1.15. The zero-order chi connectivity index (χ0) is 6.20. The van der Waals surface area contributed by atoms with Crippen LogP contribution in [0.1, 0.15) is 6.42 Å². The molecular weight excluding hydrogens is 112 g/mol. The first-order valence-electron chi connectivity index (χ1n) is 2.66. The summed E-state index contributed by atoms with van der Waals surface area (Å²) in [6.45, 7) is 0.472. The molecule has 0 bridgehead atoms. The van der Waals surface area contributed by atoms with E-state index in [-0.39, 0.29) is 13.0 Å². The average Bonchev–Trinajstić information content (AvgIpc) is 1.82. The molecule has 0 N–H and O–H groups in total. The van der Waals surface area contributed by atoms with Crippen molar-refractivity contribution in [1.82, 2.24) is 4.90 Å². The highest BCUT2D eigenvalue weighted by atomic mass is 19.3. The summed E-state index contributed by atoms with van der Waals surface area (Å²) in [5.74, 6) is -2.41. The van der Waals surface area contributed by atoms with Crippen LogP contribution in [0.25, 0.3) is 0 Å². The van der Waals surface area contributed by atoms with E-state index < -0.39 is 5.92 Å². The number of hydrogen-bond acceptors (Lipinski definition) is 1. The lowest BCUT2D eigenvalue weighted by Gasteiger charge is -2.06. The fraction of sp³-hybridized carbons (Fsp3) is 1.00. The average molecular weight is 121 g/mol. The van der Waals surface area contributed by atoms with Gasteiger partial charge in [0, 0.05) is 13.0 Å². The molecule has 1 aliphatic heterocycles. The maximum atomic E-state index is 12.2. The van der Waals surface area contributed by atoms with Crippen LogP contribution in [0.3, 0.4) is 0 Å². The van der Waals surface area contributed by atoms with Gasteiger partial charge in [0.05, 0.1) is 6.54 Å². The van der Waals surface area contributed by atoms with Gasteiger partial charge in [-0.05, 0) is 7.05 Å². The van der Waals surface area contributed by atoms with Crippen LogP contribution in [0.5, 0.6) is 0 Å². The van der Waals surface area contributed by atoms with Crippen molar-refractivity contribution in [3.63, 3.8) is 0 Å². The number of rotatable bonds is 0. The first-order valence-corrected chi connectivity index (χ1v) is 2.66. The molecule has 8 heavy (non-hydrogen) atoms. The van der Waals surface area contributed by atoms with Crippen molar-refractivity contribution in [3.8, 4) is 0 Å². The molecule has 1 heterocycles. The lowest BCUT2D eigenvalue weighted by atomic mass is 10.3. The number of nitrogens with zero attached hydrogens (tertiary/aromatic N) is 1. The number of halogens is 2. The van der Waals surface area contributed by atoms with Gasteiger partial charge in [-0.25, -0.2) is 8.78 Å². The van der Waals surface area contributed by atoms with Crippen molar-refractivity contribution in [2.45, 2.75) is 12.3 Å². The smallest absolute Gasteiger partial charge is 0.261 e. The largest absolute Gasteiger partial charge is 0.300 e. The van der Waals surface area contributed by atoms with Crippen LogP contribution >= 0.6 is 0 Å². The van der Waals surface area contributed by atoms with Gasteiger partial charge in [-0.1, -0.05) is 0 Å². The van der Waals surface area contributed by atoms with Crippen molar-refractivity contribution in [1.29, 1.82) is 0 Å². The Balaban J connectivity index is 2.44. The predicted molar refractivity (Wildman–Crippen MR) is 27.1 cm³/mol. The highest BCUT2D eigenvalue weighted by Crippen LogP contribution is 2.24. The molecule has 1 fully saturated rings. The van der Waals surface area contributed by atoms with Gasteiger partial charge < -0.3 is 4.90 Å². The molecule has 0 unspecified atom stereocenters. The standard InChI is InChI=1S/C5H9F2N/c1-8-3-2-5(6,7)4-8/h2-4H2,1H3. The Labute approximate surface area is 47.3 Å². The monoisotopic (exact) mass is 121 g/mol. The van der Waals surface area contributed by atoms with Crippen LogP contribution in [0.15, 0.2) is 0 Å². The summed E-state index contributed by atoms with van der Waals surface area (Å²) in [6, 6.07) is 0. The summed E-state index contributed by atoms with van der Waals surface area (Å²) < 4.78 is 24.3. The normalized spacial score (nSPS) is 28.9. The summed E-state index contributed by atoms with van der Waals surface area (Å²) in [5.41, 5.74) is 0. The minimum Gasteiger partial charge on any atom is -0.300 e. The third-order valence-corrected chi connectivity index (χ3v) is 1.36. The Bertz CT molecular complexity index is 92.4. The van der Waals surface area contributed by atoms with Gasteiger partial charge >= 0.3 is 0 Å². The quantitative estimate of drug-likeness (QED) is 0.461. The SMILES string of the molecule is CN1CCC(F)(F)C1. The van der Waals surface area contributed by atoms with Gasteiger partial charge in [0.15, 0.2) is 0 Å². The molecular formula is C5H9F2N. The van der Waals surface area contributed by atoms with E-state index in [4.69, 9.17) is 0 Å². The first-order chi connectivity index (χ1) is 3.60. The summed E-state index contributed by atoms with van der Waals surface area (Å²) in [5, 5.41) is 0. The molecule has 0 radical (unpaired) electrons. The van der Waals surface area contributed by atoms with E-state index >= 15 is 0 Å². The molecule has 1 rings (SSSR count). The van der Waals surface area contributed by atoms with Crippen molar-refractivity contribution in [2.75, 3.05) is 20.1 Å². The van der Waals surface area contributed by atoms with E-state index in [0.29, 0.717) is 6.54 Å². The molecule has 0 aromatic rings. The Morgan fingerprint density at radius 2 is 2.12 bits per heavy atom. The fourth-order valence-electron chi connectivity index (χ4n) is 0.907. The second-order valence-corrected chi connectivity index (χ2v) is 2.34. The van der Waals surface area contributed by atoms with E-state index in [0.717, 1.165) is 0 Å². The van der Waals surface area contributed by atoms with Crippen molar-refractivity contribution < 1.29 is 8.78 Å². The van der Waals surface area contributed by atoms with E-state index in [1.165, 1.54) is 0 Å². The summed E-state index contributed by atoms with van der Waals surface area (Å²) in [7, 11) is 1.71. The third-order valence-electron chi connectivity index (χ3n) is 1.36. The van der Waals surface area contributed by atoms with Crippen LogP contribution in [0.4, 0.5) is 8.78 Å². The summed E-state index contributed by atoms with van der Waals surface area (Å²) in [6.07, 6.45) is 0.0312. The van der Waals surface area contributed by atoms with Gasteiger partial charge in [-0.3, -0.25) is 0 Å². The van der Waals surface area contributed by atoms with Crippen LogP contribution in [0.2, 0.25) is 0 Å². The Morgan fingerprint density at radius 3 is 2.25 bits per heavy atom. The van der Waals surface area contributed by atoms with Crippen LogP contribution in [0, 0.1) is 0 Å². The molecule has 0 aliphatic carbocycles. The molecule has 0 saturated carbocycles. The Hall–Kier alpha value is -0.180. The van der Waals surface area contributed by atoms with Crippen LogP contribution < -0.4 is 0 Å². The second kappa shape index (κ2) is 1.65. The summed E-state index contributed by atoms with van der Waals surface area (Å²) >= 11 is 0. The molecule has 1 aliphatic rings. The van der Waals surface area contributed by atoms with E-state index in [1.807, 2.05) is 0 Å². The first kappa shape index (κ1) is 5.95. The van der Waals surface area contributed by atoms with Gasteiger partial charge in [0.2, 0.25) is 0 Å². The van der Waals surface area contributed by atoms with E-state index in [9.17, 15) is 8.78 Å². The maximum absolute atomic E-state index is 12.2. The van der Waals surface area contributed by atoms with E-state index in [2.05, 4.69) is 0 Å². The van der Waals surface area contributed by atoms with Gasteiger partial charge in [0.25, 0.3) is 5.92 Å². The highest BCUT2D eigenvalue weighted by molar-refractivity contribution is 4.78. The molecule has 1 saturated heterocycles. The zero-order valence-corrected chi connectivity index (χ0v) is 4.82. The van der Waals surface area contributed by atoms with Gasteiger partial charge in [-0.2, -0.15) is 0 Å². The molecule has 3 heteroatoms. The van der Waals surface area contributed by atoms with Crippen molar-refractivity contribution in [2.24, 2.45) is 0 Å². The van der Waals surface area contributed by atoms with Crippen LogP contribution in [-0.2, 0) is 0 Å². The van der Waals surface area contributed by atoms with Crippen LogP contribution in [-0.4, -0.2) is 31.0 Å². The molecule has 0 amide bonds. The number of likely N-dealkylation sites (tertiary alicyclic amines) is 1. The molecule has 1 nitrogen and oxygen atoms in total. The molecule has 0 aromatic heterocycles. The summed E-state index contributed by atoms with van der Waals surface area (Å²) in [4.78, 5) is 1.64.